The van der Waals surface area contributed by atoms with Gasteiger partial charge < -0.3 is 39.0 Å². The maximum absolute atomic E-state index is 13.2. The van der Waals surface area contributed by atoms with Gasteiger partial charge in [0.2, 0.25) is 0 Å². The van der Waals surface area contributed by atoms with Gasteiger partial charge in [0.05, 0.1) is 6.61 Å². The van der Waals surface area contributed by atoms with E-state index in [4.69, 9.17) is 23.7 Å². The molecule has 0 aromatic heterocycles. The number of carbonyl (C=O) groups is 4. The van der Waals surface area contributed by atoms with Crippen molar-refractivity contribution in [2.24, 2.45) is 0 Å². The van der Waals surface area contributed by atoms with Gasteiger partial charge in [-0.05, 0) is 51.4 Å². The van der Waals surface area contributed by atoms with E-state index in [9.17, 15) is 34.5 Å². The lowest BCUT2D eigenvalue weighted by Crippen LogP contribution is -2.61. The molecule has 0 saturated carbocycles. The third kappa shape index (κ3) is 41.7. The molecular formula is C63H112O12. The Morgan fingerprint density at radius 1 is 0.453 bits per heavy atom. The second-order valence-corrected chi connectivity index (χ2v) is 21.3. The average Bonchev–Trinajstić information content (AvgIpc) is 3.39. The molecule has 1 saturated heterocycles. The van der Waals surface area contributed by atoms with Crippen molar-refractivity contribution >= 4 is 23.9 Å². The summed E-state index contributed by atoms with van der Waals surface area (Å²) in [5.74, 6) is -3.10. The van der Waals surface area contributed by atoms with E-state index < -0.39 is 67.3 Å². The molecular weight excluding hydrogens is 949 g/mol. The fraction of sp³-hybridized carbons (Fsp3) is 0.841. The second kappa shape index (κ2) is 51.7. The minimum absolute atomic E-state index is 0.0654. The maximum Gasteiger partial charge on any atom is 0.335 e. The first kappa shape index (κ1) is 70.0. The first-order valence-electron chi connectivity index (χ1n) is 31.0. The van der Waals surface area contributed by atoms with Crippen LogP contribution in [-0.4, -0.2) is 89.2 Å². The monoisotopic (exact) mass is 1060 g/mol. The topological polar surface area (TPSA) is 175 Å². The van der Waals surface area contributed by atoms with Crippen molar-refractivity contribution in [3.63, 3.8) is 0 Å². The Labute approximate surface area is 457 Å². The van der Waals surface area contributed by atoms with Crippen molar-refractivity contribution < 1.29 is 58.2 Å². The maximum atomic E-state index is 13.2. The smallest absolute Gasteiger partial charge is 0.335 e. The van der Waals surface area contributed by atoms with Crippen LogP contribution in [-0.2, 0) is 42.9 Å². The van der Waals surface area contributed by atoms with E-state index in [1.807, 2.05) is 0 Å². The van der Waals surface area contributed by atoms with Gasteiger partial charge in [-0.15, -0.1) is 0 Å². The zero-order valence-corrected chi connectivity index (χ0v) is 48.1. The van der Waals surface area contributed by atoms with Crippen LogP contribution in [0.5, 0.6) is 0 Å². The molecule has 0 aromatic rings. The number of hydrogen-bond donors (Lipinski definition) is 3. The fourth-order valence-electron chi connectivity index (χ4n) is 9.50. The molecule has 1 aliphatic rings. The summed E-state index contributed by atoms with van der Waals surface area (Å²) in [6, 6.07) is 0. The standard InChI is InChI=1S/C63H112O12/c1-4-7-10-13-16-19-22-25-27-28-30-32-34-37-40-43-46-49-55(64)71-52-54(73-56(65)50-47-44-41-38-36-33-29-26-23-20-17-14-11-8-5-2)53-72-63-61(59(68)58(67)60(75-63)62(69)70)74-57(66)51-48-45-42-39-35-31-24-21-18-15-12-9-6-3/h7,10,16,19,25,27,54,58-61,63,67-68H,4-6,8-9,11-15,17-18,20-24,26,28-53H2,1-3H3,(H,69,70)/b10-7-,19-16-,27-25-. The number of rotatable bonds is 53. The Hall–Kier alpha value is -3.06. The molecule has 1 heterocycles. The summed E-state index contributed by atoms with van der Waals surface area (Å²) in [5.41, 5.74) is 0. The minimum Gasteiger partial charge on any atom is -0.479 e. The van der Waals surface area contributed by atoms with Crippen molar-refractivity contribution in [2.75, 3.05) is 13.2 Å². The van der Waals surface area contributed by atoms with Crippen LogP contribution in [0.1, 0.15) is 290 Å². The largest absolute Gasteiger partial charge is 0.479 e. The lowest BCUT2D eigenvalue weighted by Gasteiger charge is -2.40. The third-order valence-electron chi connectivity index (χ3n) is 14.2. The van der Waals surface area contributed by atoms with E-state index >= 15 is 0 Å². The van der Waals surface area contributed by atoms with E-state index in [2.05, 4.69) is 57.2 Å². The number of ether oxygens (including phenoxy) is 5. The molecule has 1 fully saturated rings. The van der Waals surface area contributed by atoms with Crippen molar-refractivity contribution in [2.45, 2.75) is 327 Å². The average molecular weight is 1060 g/mol. The van der Waals surface area contributed by atoms with E-state index in [1.54, 1.807) is 0 Å². The zero-order valence-electron chi connectivity index (χ0n) is 48.1. The highest BCUT2D eigenvalue weighted by Gasteiger charge is 2.50. The molecule has 12 heteroatoms. The van der Waals surface area contributed by atoms with Gasteiger partial charge in [0.15, 0.2) is 24.6 Å². The molecule has 1 aliphatic heterocycles. The van der Waals surface area contributed by atoms with E-state index in [1.165, 1.54) is 135 Å². The van der Waals surface area contributed by atoms with Gasteiger partial charge in [-0.1, -0.05) is 256 Å². The third-order valence-corrected chi connectivity index (χ3v) is 14.2. The second-order valence-electron chi connectivity index (χ2n) is 21.3. The summed E-state index contributed by atoms with van der Waals surface area (Å²) >= 11 is 0. The number of aliphatic carboxylic acids is 1. The molecule has 12 nitrogen and oxygen atoms in total. The summed E-state index contributed by atoms with van der Waals surface area (Å²) < 4.78 is 28.5. The Morgan fingerprint density at radius 3 is 1.28 bits per heavy atom. The van der Waals surface area contributed by atoms with Crippen LogP contribution in [0, 0.1) is 0 Å². The van der Waals surface area contributed by atoms with Crippen molar-refractivity contribution in [3.05, 3.63) is 36.5 Å². The molecule has 0 radical (unpaired) electrons. The van der Waals surface area contributed by atoms with Crippen LogP contribution in [0.4, 0.5) is 0 Å². The fourth-order valence-corrected chi connectivity index (χ4v) is 9.50. The molecule has 75 heavy (non-hydrogen) atoms. The van der Waals surface area contributed by atoms with Gasteiger partial charge in [0.1, 0.15) is 18.8 Å². The van der Waals surface area contributed by atoms with E-state index in [0.29, 0.717) is 19.3 Å². The number of carbonyl (C=O) groups excluding carboxylic acids is 3. The number of aliphatic hydroxyl groups excluding tert-OH is 2. The number of esters is 3. The van der Waals surface area contributed by atoms with Crippen LogP contribution in [0.3, 0.4) is 0 Å². The Balaban J connectivity index is 2.67. The molecule has 0 spiro atoms. The van der Waals surface area contributed by atoms with Crippen LogP contribution < -0.4 is 0 Å². The molecule has 3 N–H and O–H groups in total. The summed E-state index contributed by atoms with van der Waals surface area (Å²) in [4.78, 5) is 51.2. The molecule has 0 aromatic carbocycles. The Kier molecular flexibility index (Phi) is 48.2. The van der Waals surface area contributed by atoms with Gasteiger partial charge in [0, 0.05) is 19.3 Å². The summed E-state index contributed by atoms with van der Waals surface area (Å²) in [6.45, 7) is 5.91. The number of carboxylic acid groups (broad SMARTS) is 1. The van der Waals surface area contributed by atoms with Gasteiger partial charge in [-0.25, -0.2) is 4.79 Å². The number of carboxylic acids is 1. The highest BCUT2D eigenvalue weighted by atomic mass is 16.7. The van der Waals surface area contributed by atoms with Gasteiger partial charge in [-0.3, -0.25) is 14.4 Å². The molecule has 6 atom stereocenters. The Morgan fingerprint density at radius 2 is 0.840 bits per heavy atom. The molecule has 0 amide bonds. The van der Waals surface area contributed by atoms with Gasteiger partial charge in [0.25, 0.3) is 0 Å². The number of allylic oxidation sites excluding steroid dienone is 6. The lowest BCUT2D eigenvalue weighted by atomic mass is 9.98. The quantitative estimate of drug-likeness (QED) is 0.0228. The van der Waals surface area contributed by atoms with Gasteiger partial charge >= 0.3 is 23.9 Å². The highest BCUT2D eigenvalue weighted by molar-refractivity contribution is 5.74. The summed E-state index contributed by atoms with van der Waals surface area (Å²) in [6.07, 6.45) is 48.2. The van der Waals surface area contributed by atoms with Crippen LogP contribution in [0.15, 0.2) is 36.5 Å². The summed E-state index contributed by atoms with van der Waals surface area (Å²) in [7, 11) is 0. The number of hydrogen-bond acceptors (Lipinski definition) is 11. The first-order valence-corrected chi connectivity index (χ1v) is 31.0. The lowest BCUT2D eigenvalue weighted by molar-refractivity contribution is -0.301. The number of aliphatic hydroxyl groups is 2. The molecule has 6 unspecified atom stereocenters. The predicted molar refractivity (Wildman–Crippen MR) is 303 cm³/mol. The van der Waals surface area contributed by atoms with E-state index in [-0.39, 0.29) is 25.9 Å². The van der Waals surface area contributed by atoms with Gasteiger partial charge in [-0.2, -0.15) is 0 Å². The first-order chi connectivity index (χ1) is 36.6. The summed E-state index contributed by atoms with van der Waals surface area (Å²) in [5, 5.41) is 31.5. The SMILES string of the molecule is CC/C=C\C/C=C\C/C=C\CCCCCCCCCC(=O)OCC(COC1OC(C(=O)O)C(O)C(O)C1OC(=O)CCCCCCCCCCCCCCC)OC(=O)CCCCCCCCCCCCCCCCC. The predicted octanol–water partition coefficient (Wildman–Crippen LogP) is 16.0. The van der Waals surface area contributed by atoms with Crippen LogP contribution in [0.2, 0.25) is 0 Å². The highest BCUT2D eigenvalue weighted by Crippen LogP contribution is 2.27. The van der Waals surface area contributed by atoms with Crippen LogP contribution in [0.25, 0.3) is 0 Å². The van der Waals surface area contributed by atoms with Crippen molar-refractivity contribution in [1.29, 1.82) is 0 Å². The normalized spacial score (nSPS) is 18.3. The van der Waals surface area contributed by atoms with Crippen molar-refractivity contribution in [1.82, 2.24) is 0 Å². The zero-order chi connectivity index (χ0) is 54.7. The molecule has 436 valence electrons. The number of unbranched alkanes of at least 4 members (excludes halogenated alkanes) is 33. The molecule has 0 aliphatic carbocycles. The molecule has 1 rings (SSSR count). The Bertz CT molecular complexity index is 1450. The van der Waals surface area contributed by atoms with Crippen molar-refractivity contribution in [3.8, 4) is 0 Å². The molecule has 0 bridgehead atoms. The minimum atomic E-state index is -1.90. The van der Waals surface area contributed by atoms with E-state index in [0.717, 1.165) is 96.3 Å². The van der Waals surface area contributed by atoms with Crippen LogP contribution >= 0.6 is 0 Å².